The van der Waals surface area contributed by atoms with Crippen molar-refractivity contribution in [2.45, 2.75) is 26.2 Å². The molecule has 0 radical (unpaired) electrons. The Labute approximate surface area is 147 Å². The molecule has 4 N–H and O–H groups in total. The third-order valence-electron chi connectivity index (χ3n) is 3.63. The van der Waals surface area contributed by atoms with Crippen LogP contribution in [0.25, 0.3) is 11.2 Å². The minimum absolute atomic E-state index is 0.0183. The summed E-state index contributed by atoms with van der Waals surface area (Å²) < 4.78 is 25.7. The maximum absolute atomic E-state index is 15.1. The lowest BCUT2D eigenvalue weighted by atomic mass is 9.85. The van der Waals surface area contributed by atoms with E-state index in [9.17, 15) is 9.59 Å². The lowest BCUT2D eigenvalue weighted by Crippen LogP contribution is -2.21. The van der Waals surface area contributed by atoms with E-state index in [4.69, 9.17) is 15.2 Å². The van der Waals surface area contributed by atoms with E-state index in [0.717, 1.165) is 0 Å². The highest BCUT2D eigenvalue weighted by molar-refractivity contribution is 5.77. The van der Waals surface area contributed by atoms with E-state index in [-0.39, 0.29) is 28.5 Å². The number of rotatable bonds is 3. The van der Waals surface area contributed by atoms with E-state index in [0.29, 0.717) is 5.52 Å². The van der Waals surface area contributed by atoms with Crippen molar-refractivity contribution in [1.29, 1.82) is 0 Å². The predicted octanol–water partition coefficient (Wildman–Crippen LogP) is 2.94. The molecule has 8 nitrogen and oxygen atoms in total. The number of primary amides is 1. The van der Waals surface area contributed by atoms with Gasteiger partial charge in [0.05, 0.1) is 0 Å². The van der Waals surface area contributed by atoms with Crippen molar-refractivity contribution in [2.24, 2.45) is 5.73 Å². The van der Waals surface area contributed by atoms with Crippen LogP contribution in [0.1, 0.15) is 26.3 Å². The first kappa shape index (κ1) is 17.5. The zero-order valence-corrected chi connectivity index (χ0v) is 14.3. The lowest BCUT2D eigenvalue weighted by Gasteiger charge is -2.23. The van der Waals surface area contributed by atoms with Crippen LogP contribution in [0.15, 0.2) is 29.2 Å². The molecule has 2 heterocycles. The molecule has 0 spiro atoms. The number of nitrogens with two attached hydrogens (primary N) is 1. The molecular formula is C17H17FN4O4. The maximum Gasteiger partial charge on any atom is 0.409 e. The van der Waals surface area contributed by atoms with Crippen LogP contribution < -0.4 is 20.9 Å². The van der Waals surface area contributed by atoms with Crippen LogP contribution in [0.3, 0.4) is 0 Å². The summed E-state index contributed by atoms with van der Waals surface area (Å²) in [5.41, 5.74) is 4.65. The number of carbonyl (C=O) groups excluding carboxylic acids is 1. The number of hydrogen-bond acceptors (Lipinski definition) is 5. The molecule has 0 unspecified atom stereocenters. The van der Waals surface area contributed by atoms with Gasteiger partial charge in [-0.2, -0.15) is 0 Å². The first-order valence-corrected chi connectivity index (χ1v) is 7.72. The summed E-state index contributed by atoms with van der Waals surface area (Å²) in [5.74, 6) is -0.555. The molecule has 0 aliphatic carbocycles. The van der Waals surface area contributed by atoms with Gasteiger partial charge in [-0.05, 0) is 17.5 Å². The van der Waals surface area contributed by atoms with Crippen LogP contribution in [0.2, 0.25) is 0 Å². The molecule has 26 heavy (non-hydrogen) atoms. The zero-order chi connectivity index (χ0) is 19.1. The van der Waals surface area contributed by atoms with Crippen molar-refractivity contribution < 1.29 is 18.7 Å². The molecule has 0 aliphatic rings. The van der Waals surface area contributed by atoms with Gasteiger partial charge in [0.15, 0.2) is 23.0 Å². The summed E-state index contributed by atoms with van der Waals surface area (Å²) >= 11 is 0. The molecule has 0 saturated heterocycles. The number of halogens is 1. The quantitative estimate of drug-likeness (QED) is 0.662. The molecule has 0 saturated carbocycles. The smallest absolute Gasteiger partial charge is 0.409 e. The zero-order valence-electron chi connectivity index (χ0n) is 14.3. The van der Waals surface area contributed by atoms with Crippen molar-refractivity contribution in [3.8, 4) is 17.2 Å². The van der Waals surface area contributed by atoms with Crippen LogP contribution >= 0.6 is 0 Å². The molecule has 9 heteroatoms. The van der Waals surface area contributed by atoms with Crippen molar-refractivity contribution in [1.82, 2.24) is 15.0 Å². The fourth-order valence-corrected chi connectivity index (χ4v) is 2.63. The average Bonchev–Trinajstić information content (AvgIpc) is 2.89. The monoisotopic (exact) mass is 360 g/mol. The first-order chi connectivity index (χ1) is 12.2. The number of H-pyrrole nitrogens is 2. The summed E-state index contributed by atoms with van der Waals surface area (Å²) in [7, 11) is 0. The number of hydrogen-bond donors (Lipinski definition) is 3. The van der Waals surface area contributed by atoms with E-state index in [1.165, 1.54) is 24.4 Å². The SMILES string of the molecule is CC(C)(C)c1c(OC(N)=O)ccc(Oc2ccnc3[nH]c(=O)[nH]c23)c1F. The minimum Gasteiger partial charge on any atom is -0.452 e. The number of imidazole rings is 1. The highest BCUT2D eigenvalue weighted by atomic mass is 19.1. The molecule has 3 aromatic rings. The number of nitrogens with one attached hydrogen (secondary N) is 2. The fraction of sp³-hybridized carbons (Fsp3) is 0.235. The van der Waals surface area contributed by atoms with Crippen LogP contribution in [-0.4, -0.2) is 21.0 Å². The van der Waals surface area contributed by atoms with E-state index in [2.05, 4.69) is 15.0 Å². The number of ether oxygens (including phenoxy) is 2. The summed E-state index contributed by atoms with van der Waals surface area (Å²) in [6.07, 6.45) is 0.388. The Balaban J connectivity index is 2.11. The number of nitrogens with zero attached hydrogens (tertiary/aromatic N) is 1. The van der Waals surface area contributed by atoms with Crippen LogP contribution in [0, 0.1) is 5.82 Å². The molecule has 3 rings (SSSR count). The molecule has 0 atom stereocenters. The Morgan fingerprint density at radius 2 is 1.85 bits per heavy atom. The topological polar surface area (TPSA) is 123 Å². The predicted molar refractivity (Wildman–Crippen MR) is 92.1 cm³/mol. The van der Waals surface area contributed by atoms with Gasteiger partial charge in [0.25, 0.3) is 0 Å². The normalized spacial score (nSPS) is 11.5. The molecular weight excluding hydrogens is 343 g/mol. The van der Waals surface area contributed by atoms with Gasteiger partial charge >= 0.3 is 11.8 Å². The second kappa shape index (κ2) is 6.17. The van der Waals surface area contributed by atoms with Crippen molar-refractivity contribution in [3.05, 3.63) is 46.3 Å². The van der Waals surface area contributed by atoms with Gasteiger partial charge in [-0.1, -0.05) is 20.8 Å². The highest BCUT2D eigenvalue weighted by Crippen LogP contribution is 2.39. The number of fused-ring (bicyclic) bond motifs is 1. The third-order valence-corrected chi connectivity index (χ3v) is 3.63. The molecule has 1 amide bonds. The molecule has 2 aromatic heterocycles. The number of aromatic nitrogens is 3. The third kappa shape index (κ3) is 3.23. The number of benzene rings is 1. The number of pyridine rings is 1. The van der Waals surface area contributed by atoms with Gasteiger partial charge in [-0.25, -0.2) is 19.0 Å². The van der Waals surface area contributed by atoms with Crippen molar-refractivity contribution >= 4 is 17.3 Å². The Morgan fingerprint density at radius 1 is 1.15 bits per heavy atom. The van der Waals surface area contributed by atoms with E-state index >= 15 is 4.39 Å². The lowest BCUT2D eigenvalue weighted by molar-refractivity contribution is 0.209. The largest absolute Gasteiger partial charge is 0.452 e. The summed E-state index contributed by atoms with van der Waals surface area (Å²) in [4.78, 5) is 31.6. The number of aromatic amines is 2. The van der Waals surface area contributed by atoms with Gasteiger partial charge < -0.3 is 20.2 Å². The molecule has 0 bridgehead atoms. The second-order valence-corrected chi connectivity index (χ2v) is 6.64. The fourth-order valence-electron chi connectivity index (χ4n) is 2.63. The Hall–Kier alpha value is -3.36. The van der Waals surface area contributed by atoms with Crippen molar-refractivity contribution in [2.75, 3.05) is 0 Å². The van der Waals surface area contributed by atoms with E-state index < -0.39 is 23.0 Å². The second-order valence-electron chi connectivity index (χ2n) is 6.64. The summed E-state index contributed by atoms with van der Waals surface area (Å²) in [6.45, 7) is 5.28. The maximum atomic E-state index is 15.1. The Morgan fingerprint density at radius 3 is 2.50 bits per heavy atom. The van der Waals surface area contributed by atoms with Crippen LogP contribution in [0.5, 0.6) is 17.2 Å². The summed E-state index contributed by atoms with van der Waals surface area (Å²) in [6, 6.07) is 4.22. The van der Waals surface area contributed by atoms with Crippen LogP contribution in [0.4, 0.5) is 9.18 Å². The van der Waals surface area contributed by atoms with Gasteiger partial charge in [-0.3, -0.25) is 4.98 Å². The molecule has 136 valence electrons. The standard InChI is InChI=1S/C17H17FN4O4/c1-17(2,3)11-8(26-15(19)23)4-5-9(12(11)18)25-10-6-7-20-14-13(10)21-16(24)22-14/h4-7H,1-3H3,(H2,19,23)(H2,20,21,22,24). The number of amides is 1. The van der Waals surface area contributed by atoms with E-state index in [1.807, 2.05) is 0 Å². The number of carbonyl (C=O) groups is 1. The van der Waals surface area contributed by atoms with Gasteiger partial charge in [-0.15, -0.1) is 0 Å². The van der Waals surface area contributed by atoms with Gasteiger partial charge in [0.1, 0.15) is 11.3 Å². The summed E-state index contributed by atoms with van der Waals surface area (Å²) in [5, 5.41) is 0. The van der Waals surface area contributed by atoms with Crippen molar-refractivity contribution in [3.63, 3.8) is 0 Å². The molecule has 1 aromatic carbocycles. The Bertz CT molecular complexity index is 1050. The highest BCUT2D eigenvalue weighted by Gasteiger charge is 2.27. The van der Waals surface area contributed by atoms with Crippen LogP contribution in [-0.2, 0) is 5.41 Å². The Kier molecular flexibility index (Phi) is 4.15. The average molecular weight is 360 g/mol. The van der Waals surface area contributed by atoms with Gasteiger partial charge in [0.2, 0.25) is 0 Å². The van der Waals surface area contributed by atoms with E-state index in [1.54, 1.807) is 20.8 Å². The molecule has 0 aliphatic heterocycles. The van der Waals surface area contributed by atoms with Gasteiger partial charge in [0, 0.05) is 17.8 Å². The first-order valence-electron chi connectivity index (χ1n) is 7.72. The molecule has 0 fully saturated rings. The minimum atomic E-state index is -1.04.